The third-order valence-electron chi connectivity index (χ3n) is 3.38. The predicted molar refractivity (Wildman–Crippen MR) is 82.9 cm³/mol. The van der Waals surface area contributed by atoms with Crippen LogP contribution in [0.2, 0.25) is 0 Å². The lowest BCUT2D eigenvalue weighted by Crippen LogP contribution is -2.37. The highest BCUT2D eigenvalue weighted by Gasteiger charge is 2.18. The van der Waals surface area contributed by atoms with Crippen LogP contribution >= 0.6 is 0 Å². The second-order valence-electron chi connectivity index (χ2n) is 6.85. The van der Waals surface area contributed by atoms with Crippen molar-refractivity contribution >= 4 is 5.97 Å². The maximum absolute atomic E-state index is 11.2. The number of rotatable bonds is 6. The summed E-state index contributed by atoms with van der Waals surface area (Å²) in [4.78, 5) is 11.2. The van der Waals surface area contributed by atoms with Gasteiger partial charge in [-0.3, -0.25) is 4.79 Å². The number of nitrogens with one attached hydrogen (secondary N) is 1. The van der Waals surface area contributed by atoms with E-state index in [2.05, 4.69) is 50.4 Å². The first-order valence-corrected chi connectivity index (χ1v) is 7.25. The molecule has 0 saturated carbocycles. The van der Waals surface area contributed by atoms with Crippen molar-refractivity contribution in [3.8, 4) is 0 Å². The molecule has 1 aromatic carbocycles. The van der Waals surface area contributed by atoms with E-state index in [-0.39, 0.29) is 5.41 Å². The summed E-state index contributed by atoms with van der Waals surface area (Å²) in [5.41, 5.74) is 2.55. The van der Waals surface area contributed by atoms with Crippen molar-refractivity contribution in [3.05, 3.63) is 35.4 Å². The van der Waals surface area contributed by atoms with Gasteiger partial charge >= 0.3 is 5.97 Å². The van der Waals surface area contributed by atoms with Gasteiger partial charge in [0, 0.05) is 6.54 Å². The summed E-state index contributed by atoms with van der Waals surface area (Å²) in [6, 6.07) is 7.91. The van der Waals surface area contributed by atoms with Crippen molar-refractivity contribution < 1.29 is 9.90 Å². The van der Waals surface area contributed by atoms with Crippen molar-refractivity contribution in [3.63, 3.8) is 0 Å². The summed E-state index contributed by atoms with van der Waals surface area (Å²) < 4.78 is 0. The van der Waals surface area contributed by atoms with Gasteiger partial charge in [0.25, 0.3) is 0 Å². The molecule has 0 saturated heterocycles. The molecule has 112 valence electrons. The Labute approximate surface area is 122 Å². The standard InChI is InChI=1S/C17H27NO2/c1-12(2)10-15(16(19)20)18-11-13-6-8-14(9-7-13)17(3,4)5/h6-9,12,15,18H,10-11H2,1-5H3,(H,19,20). The lowest BCUT2D eigenvalue weighted by Gasteiger charge is -2.20. The van der Waals surface area contributed by atoms with Crippen LogP contribution in [-0.4, -0.2) is 17.1 Å². The SMILES string of the molecule is CC(C)CC(NCc1ccc(C(C)(C)C)cc1)C(=O)O. The number of hydrogen-bond donors (Lipinski definition) is 2. The van der Waals surface area contributed by atoms with E-state index in [1.165, 1.54) is 5.56 Å². The van der Waals surface area contributed by atoms with Gasteiger partial charge in [-0.15, -0.1) is 0 Å². The third kappa shape index (κ3) is 5.33. The Morgan fingerprint density at radius 3 is 2.15 bits per heavy atom. The second kappa shape index (κ2) is 6.89. The smallest absolute Gasteiger partial charge is 0.320 e. The Morgan fingerprint density at radius 1 is 1.20 bits per heavy atom. The molecule has 3 heteroatoms. The molecule has 0 heterocycles. The Balaban J connectivity index is 2.62. The molecule has 2 N–H and O–H groups in total. The molecule has 3 nitrogen and oxygen atoms in total. The van der Waals surface area contributed by atoms with Crippen molar-refractivity contribution in [1.82, 2.24) is 5.32 Å². The van der Waals surface area contributed by atoms with Crippen LogP contribution in [0.15, 0.2) is 24.3 Å². The van der Waals surface area contributed by atoms with E-state index in [0.717, 1.165) is 5.56 Å². The maximum Gasteiger partial charge on any atom is 0.320 e. The third-order valence-corrected chi connectivity index (χ3v) is 3.38. The monoisotopic (exact) mass is 277 g/mol. The summed E-state index contributed by atoms with van der Waals surface area (Å²) >= 11 is 0. The zero-order chi connectivity index (χ0) is 15.3. The van der Waals surface area contributed by atoms with Crippen LogP contribution in [0.3, 0.4) is 0 Å². The highest BCUT2D eigenvalue weighted by molar-refractivity contribution is 5.73. The average molecular weight is 277 g/mol. The molecule has 0 aliphatic heterocycles. The topological polar surface area (TPSA) is 49.3 Å². The highest BCUT2D eigenvalue weighted by Crippen LogP contribution is 2.22. The minimum atomic E-state index is -0.773. The van der Waals surface area contributed by atoms with Crippen molar-refractivity contribution in [1.29, 1.82) is 0 Å². The molecule has 20 heavy (non-hydrogen) atoms. The zero-order valence-electron chi connectivity index (χ0n) is 13.2. The average Bonchev–Trinajstić information content (AvgIpc) is 2.33. The maximum atomic E-state index is 11.2. The summed E-state index contributed by atoms with van der Waals surface area (Å²) in [5, 5.41) is 12.3. The fourth-order valence-corrected chi connectivity index (χ4v) is 2.11. The van der Waals surface area contributed by atoms with E-state index in [1.54, 1.807) is 0 Å². The van der Waals surface area contributed by atoms with Crippen LogP contribution in [0.1, 0.15) is 52.2 Å². The molecule has 0 amide bonds. The van der Waals surface area contributed by atoms with Gasteiger partial charge in [-0.05, 0) is 28.9 Å². The molecule has 0 aromatic heterocycles. The molecule has 0 aliphatic carbocycles. The lowest BCUT2D eigenvalue weighted by molar-refractivity contribution is -0.140. The summed E-state index contributed by atoms with van der Waals surface area (Å²) in [6.07, 6.45) is 0.648. The van der Waals surface area contributed by atoms with E-state index >= 15 is 0 Å². The minimum absolute atomic E-state index is 0.146. The largest absolute Gasteiger partial charge is 0.480 e. The molecule has 1 atom stereocenters. The van der Waals surface area contributed by atoms with Gasteiger partial charge in [0.15, 0.2) is 0 Å². The van der Waals surface area contributed by atoms with Crippen LogP contribution in [-0.2, 0) is 16.8 Å². The summed E-state index contributed by atoms with van der Waals surface area (Å²) in [5.74, 6) is -0.406. The number of carbonyl (C=O) groups is 1. The first kappa shape index (κ1) is 16.7. The Hall–Kier alpha value is -1.35. The van der Waals surface area contributed by atoms with Gasteiger partial charge in [-0.25, -0.2) is 0 Å². The summed E-state index contributed by atoms with van der Waals surface area (Å²) in [6.45, 7) is 11.2. The van der Waals surface area contributed by atoms with E-state index in [0.29, 0.717) is 18.9 Å². The van der Waals surface area contributed by atoms with Gasteiger partial charge in [-0.2, -0.15) is 0 Å². The first-order chi connectivity index (χ1) is 9.20. The minimum Gasteiger partial charge on any atom is -0.480 e. The first-order valence-electron chi connectivity index (χ1n) is 7.25. The predicted octanol–water partition coefficient (Wildman–Crippen LogP) is 3.57. The van der Waals surface area contributed by atoms with Gasteiger partial charge < -0.3 is 10.4 Å². The Morgan fingerprint density at radius 2 is 1.75 bits per heavy atom. The van der Waals surface area contributed by atoms with Crippen LogP contribution in [0, 0.1) is 5.92 Å². The molecular weight excluding hydrogens is 250 g/mol. The van der Waals surface area contributed by atoms with Crippen molar-refractivity contribution in [2.24, 2.45) is 5.92 Å². The molecule has 0 aliphatic rings. The van der Waals surface area contributed by atoms with Crippen molar-refractivity contribution in [2.75, 3.05) is 0 Å². The number of carboxylic acids is 1. The molecular formula is C17H27NO2. The number of aliphatic carboxylic acids is 1. The zero-order valence-corrected chi connectivity index (χ0v) is 13.2. The van der Waals surface area contributed by atoms with Crippen LogP contribution in [0.4, 0.5) is 0 Å². The van der Waals surface area contributed by atoms with E-state index in [9.17, 15) is 9.90 Å². The van der Waals surface area contributed by atoms with Crippen LogP contribution in [0.5, 0.6) is 0 Å². The lowest BCUT2D eigenvalue weighted by atomic mass is 9.87. The molecule has 1 unspecified atom stereocenters. The Kier molecular flexibility index (Phi) is 5.75. The van der Waals surface area contributed by atoms with Gasteiger partial charge in [-0.1, -0.05) is 58.9 Å². The molecule has 0 fully saturated rings. The van der Waals surface area contributed by atoms with Gasteiger partial charge in [0.05, 0.1) is 0 Å². The molecule has 0 spiro atoms. The quantitative estimate of drug-likeness (QED) is 0.835. The molecule has 0 radical (unpaired) electrons. The van der Waals surface area contributed by atoms with Crippen molar-refractivity contribution in [2.45, 2.75) is 59.0 Å². The normalized spacial score (nSPS) is 13.5. The number of hydrogen-bond acceptors (Lipinski definition) is 2. The van der Waals surface area contributed by atoms with Gasteiger partial charge in [0.2, 0.25) is 0 Å². The van der Waals surface area contributed by atoms with E-state index in [4.69, 9.17) is 0 Å². The molecule has 0 bridgehead atoms. The fraction of sp³-hybridized carbons (Fsp3) is 0.588. The van der Waals surface area contributed by atoms with Crippen LogP contribution in [0.25, 0.3) is 0 Å². The molecule has 1 rings (SSSR count). The number of benzene rings is 1. The van der Waals surface area contributed by atoms with E-state index < -0.39 is 12.0 Å². The fourth-order valence-electron chi connectivity index (χ4n) is 2.11. The highest BCUT2D eigenvalue weighted by atomic mass is 16.4. The van der Waals surface area contributed by atoms with E-state index in [1.807, 2.05) is 13.8 Å². The summed E-state index contributed by atoms with van der Waals surface area (Å²) in [7, 11) is 0. The Bertz CT molecular complexity index is 429. The molecule has 1 aromatic rings. The second-order valence-corrected chi connectivity index (χ2v) is 6.85. The number of carboxylic acid groups (broad SMARTS) is 1. The van der Waals surface area contributed by atoms with Crippen LogP contribution < -0.4 is 5.32 Å². The van der Waals surface area contributed by atoms with Gasteiger partial charge in [0.1, 0.15) is 6.04 Å².